The fourth-order valence-corrected chi connectivity index (χ4v) is 2.96. The van der Waals surface area contributed by atoms with E-state index in [0.717, 1.165) is 30.3 Å². The lowest BCUT2D eigenvalue weighted by Crippen LogP contribution is -2.38. The molecular formula is C15H17BrN2O2. The molecule has 1 saturated heterocycles. The number of benzene rings is 1. The zero-order valence-corrected chi connectivity index (χ0v) is 12.7. The summed E-state index contributed by atoms with van der Waals surface area (Å²) in [5.41, 5.74) is 0.645. The first-order valence-corrected chi connectivity index (χ1v) is 7.78. The molecule has 1 aromatic carbocycles. The molecule has 1 aliphatic heterocycles. The van der Waals surface area contributed by atoms with E-state index >= 15 is 0 Å². The van der Waals surface area contributed by atoms with Crippen molar-refractivity contribution in [3.8, 4) is 0 Å². The predicted octanol–water partition coefficient (Wildman–Crippen LogP) is 2.19. The Balaban J connectivity index is 1.56. The van der Waals surface area contributed by atoms with Crippen LogP contribution < -0.4 is 5.32 Å². The molecule has 5 heteroatoms. The van der Waals surface area contributed by atoms with E-state index in [1.54, 1.807) is 12.1 Å². The second-order valence-electron chi connectivity index (χ2n) is 5.53. The van der Waals surface area contributed by atoms with Gasteiger partial charge in [0.15, 0.2) is 0 Å². The van der Waals surface area contributed by atoms with Crippen molar-refractivity contribution in [3.63, 3.8) is 0 Å². The molecule has 0 bridgehead atoms. The lowest BCUT2D eigenvalue weighted by Gasteiger charge is -2.17. The largest absolute Gasteiger partial charge is 0.347 e. The molecule has 1 aliphatic carbocycles. The molecule has 1 heterocycles. The highest BCUT2D eigenvalue weighted by Crippen LogP contribution is 2.32. The molecule has 106 valence electrons. The van der Waals surface area contributed by atoms with Crippen molar-refractivity contribution in [2.75, 3.05) is 13.1 Å². The minimum atomic E-state index is -0.0722. The highest BCUT2D eigenvalue weighted by atomic mass is 79.9. The number of nitrogens with zero attached hydrogens (tertiary/aromatic N) is 1. The molecule has 2 amide bonds. The Morgan fingerprint density at radius 3 is 2.75 bits per heavy atom. The smallest absolute Gasteiger partial charge is 0.251 e. The zero-order valence-electron chi connectivity index (χ0n) is 11.1. The zero-order chi connectivity index (χ0) is 14.1. The fraction of sp³-hybridized carbons (Fsp3) is 0.467. The van der Waals surface area contributed by atoms with Crippen molar-refractivity contribution >= 4 is 27.7 Å². The van der Waals surface area contributed by atoms with Gasteiger partial charge in [0.1, 0.15) is 0 Å². The summed E-state index contributed by atoms with van der Waals surface area (Å²) in [6.45, 7) is 1.41. The van der Waals surface area contributed by atoms with Crippen LogP contribution in [-0.4, -0.2) is 35.8 Å². The normalized spacial score (nSPS) is 21.9. The maximum Gasteiger partial charge on any atom is 0.251 e. The molecule has 1 saturated carbocycles. The number of likely N-dealkylation sites (tertiary alicyclic amines) is 1. The van der Waals surface area contributed by atoms with Gasteiger partial charge in [0.2, 0.25) is 5.91 Å². The monoisotopic (exact) mass is 336 g/mol. The molecule has 1 atom stereocenters. The van der Waals surface area contributed by atoms with Crippen LogP contribution in [0.4, 0.5) is 0 Å². The summed E-state index contributed by atoms with van der Waals surface area (Å²) in [6, 6.07) is 7.41. The minimum absolute atomic E-state index is 0.0722. The van der Waals surface area contributed by atoms with Crippen LogP contribution in [0.1, 0.15) is 29.6 Å². The molecule has 1 unspecified atom stereocenters. The third kappa shape index (κ3) is 3.03. The molecule has 0 aromatic heterocycles. The highest BCUT2D eigenvalue weighted by molar-refractivity contribution is 9.10. The Bertz CT molecular complexity index is 542. The van der Waals surface area contributed by atoms with Crippen LogP contribution in [-0.2, 0) is 4.79 Å². The maximum absolute atomic E-state index is 12.1. The van der Waals surface area contributed by atoms with E-state index in [0.29, 0.717) is 12.1 Å². The number of rotatable bonds is 3. The van der Waals surface area contributed by atoms with Gasteiger partial charge in [-0.25, -0.2) is 0 Å². The summed E-state index contributed by atoms with van der Waals surface area (Å²) >= 11 is 3.36. The molecule has 1 aromatic rings. The molecular weight excluding hydrogens is 320 g/mol. The van der Waals surface area contributed by atoms with Crippen molar-refractivity contribution in [3.05, 3.63) is 34.3 Å². The number of amides is 2. The summed E-state index contributed by atoms with van der Waals surface area (Å²) in [5, 5.41) is 3.01. The molecule has 2 fully saturated rings. The fourth-order valence-electron chi connectivity index (χ4n) is 2.57. The van der Waals surface area contributed by atoms with E-state index in [-0.39, 0.29) is 23.8 Å². The van der Waals surface area contributed by atoms with Gasteiger partial charge >= 0.3 is 0 Å². The van der Waals surface area contributed by atoms with Gasteiger partial charge in [-0.05, 0) is 37.5 Å². The van der Waals surface area contributed by atoms with Crippen LogP contribution in [0.25, 0.3) is 0 Å². The summed E-state index contributed by atoms with van der Waals surface area (Å²) in [5.74, 6) is 0.454. The average Bonchev–Trinajstić information content (AvgIpc) is 3.18. The van der Waals surface area contributed by atoms with Crippen molar-refractivity contribution in [1.82, 2.24) is 10.2 Å². The predicted molar refractivity (Wildman–Crippen MR) is 79.3 cm³/mol. The van der Waals surface area contributed by atoms with Gasteiger partial charge in [-0.3, -0.25) is 9.59 Å². The second-order valence-corrected chi connectivity index (χ2v) is 6.44. The van der Waals surface area contributed by atoms with Gasteiger partial charge in [-0.2, -0.15) is 0 Å². The number of carbonyl (C=O) groups excluding carboxylic acids is 2. The van der Waals surface area contributed by atoms with Crippen molar-refractivity contribution in [2.24, 2.45) is 5.92 Å². The topological polar surface area (TPSA) is 49.4 Å². The van der Waals surface area contributed by atoms with Gasteiger partial charge < -0.3 is 10.2 Å². The van der Waals surface area contributed by atoms with E-state index in [9.17, 15) is 9.59 Å². The van der Waals surface area contributed by atoms with Gasteiger partial charge in [0.05, 0.1) is 0 Å². The number of hydrogen-bond acceptors (Lipinski definition) is 2. The van der Waals surface area contributed by atoms with E-state index in [1.165, 1.54) is 0 Å². The number of carbonyl (C=O) groups is 2. The molecule has 4 nitrogen and oxygen atoms in total. The van der Waals surface area contributed by atoms with Gasteiger partial charge in [0, 0.05) is 35.1 Å². The third-order valence-electron chi connectivity index (χ3n) is 3.85. The Labute approximate surface area is 126 Å². The third-order valence-corrected chi connectivity index (χ3v) is 4.34. The SMILES string of the molecule is O=C(NC1CCN(C(=O)C2CC2)C1)c1cccc(Br)c1. The van der Waals surface area contributed by atoms with E-state index in [1.807, 2.05) is 17.0 Å². The number of nitrogens with one attached hydrogen (secondary N) is 1. The molecule has 0 radical (unpaired) electrons. The first kappa shape index (κ1) is 13.6. The van der Waals surface area contributed by atoms with E-state index in [4.69, 9.17) is 0 Å². The summed E-state index contributed by atoms with van der Waals surface area (Å²) in [7, 11) is 0. The summed E-state index contributed by atoms with van der Waals surface area (Å²) in [6.07, 6.45) is 2.91. The van der Waals surface area contributed by atoms with Gasteiger partial charge in [0.25, 0.3) is 5.91 Å². The van der Waals surface area contributed by atoms with Crippen LogP contribution >= 0.6 is 15.9 Å². The lowest BCUT2D eigenvalue weighted by molar-refractivity contribution is -0.131. The van der Waals surface area contributed by atoms with Gasteiger partial charge in [-0.1, -0.05) is 22.0 Å². The van der Waals surface area contributed by atoms with Gasteiger partial charge in [-0.15, -0.1) is 0 Å². The standard InChI is InChI=1S/C15H17BrN2O2/c16-12-3-1-2-11(8-12)14(19)17-13-6-7-18(9-13)15(20)10-4-5-10/h1-3,8,10,13H,4-7,9H2,(H,17,19). The Hall–Kier alpha value is -1.36. The molecule has 1 N–H and O–H groups in total. The Morgan fingerprint density at radius 1 is 1.25 bits per heavy atom. The maximum atomic E-state index is 12.1. The average molecular weight is 337 g/mol. The molecule has 3 rings (SSSR count). The quantitative estimate of drug-likeness (QED) is 0.919. The van der Waals surface area contributed by atoms with Crippen LogP contribution in [0, 0.1) is 5.92 Å². The van der Waals surface area contributed by atoms with Crippen molar-refractivity contribution < 1.29 is 9.59 Å². The summed E-state index contributed by atoms with van der Waals surface area (Å²) in [4.78, 5) is 26.0. The second kappa shape index (κ2) is 5.56. The minimum Gasteiger partial charge on any atom is -0.347 e. The highest BCUT2D eigenvalue weighted by Gasteiger charge is 2.36. The molecule has 2 aliphatic rings. The molecule has 20 heavy (non-hydrogen) atoms. The Morgan fingerprint density at radius 2 is 2.05 bits per heavy atom. The van der Waals surface area contributed by atoms with Crippen LogP contribution in [0.3, 0.4) is 0 Å². The van der Waals surface area contributed by atoms with Crippen molar-refractivity contribution in [2.45, 2.75) is 25.3 Å². The number of hydrogen-bond donors (Lipinski definition) is 1. The lowest BCUT2D eigenvalue weighted by atomic mass is 10.2. The first-order valence-electron chi connectivity index (χ1n) is 6.99. The van der Waals surface area contributed by atoms with E-state index in [2.05, 4.69) is 21.2 Å². The van der Waals surface area contributed by atoms with Crippen molar-refractivity contribution in [1.29, 1.82) is 0 Å². The summed E-state index contributed by atoms with van der Waals surface area (Å²) < 4.78 is 0.891. The Kier molecular flexibility index (Phi) is 3.78. The molecule has 0 spiro atoms. The van der Waals surface area contributed by atoms with Crippen LogP contribution in [0.2, 0.25) is 0 Å². The first-order chi connectivity index (χ1) is 9.63. The number of halogens is 1. The van der Waals surface area contributed by atoms with Crippen LogP contribution in [0.5, 0.6) is 0 Å². The van der Waals surface area contributed by atoms with Crippen LogP contribution in [0.15, 0.2) is 28.7 Å². The van der Waals surface area contributed by atoms with E-state index < -0.39 is 0 Å².